The molecule has 1 aromatic rings. The second-order valence-corrected chi connectivity index (χ2v) is 4.99. The van der Waals surface area contributed by atoms with Gasteiger partial charge >= 0.3 is 0 Å². The Balaban J connectivity index is 2.53. The minimum absolute atomic E-state index is 0.0559. The minimum atomic E-state index is -0.358. The predicted molar refractivity (Wildman–Crippen MR) is 75.1 cm³/mol. The second-order valence-electron chi connectivity index (χ2n) is 4.13. The molecule has 1 atom stereocenters. The van der Waals surface area contributed by atoms with Crippen LogP contribution in [0.3, 0.4) is 0 Å². The first kappa shape index (κ1) is 15.0. The van der Waals surface area contributed by atoms with Gasteiger partial charge in [-0.3, -0.25) is 4.79 Å². The van der Waals surface area contributed by atoms with Crippen LogP contribution in [0.1, 0.15) is 26.7 Å². The summed E-state index contributed by atoms with van der Waals surface area (Å²) in [6, 6.07) is 3.97. The van der Waals surface area contributed by atoms with Gasteiger partial charge in [0, 0.05) is 16.7 Å². The molecule has 0 radical (unpaired) electrons. The van der Waals surface area contributed by atoms with Crippen molar-refractivity contribution < 1.29 is 9.18 Å². The van der Waals surface area contributed by atoms with E-state index in [2.05, 4.69) is 33.5 Å². The molecule has 18 heavy (non-hydrogen) atoms. The van der Waals surface area contributed by atoms with Crippen LogP contribution in [0.5, 0.6) is 0 Å². The molecule has 1 rings (SSSR count). The molecular weight excluding hydrogens is 299 g/mol. The molecule has 0 bridgehead atoms. The first-order valence-electron chi connectivity index (χ1n) is 6.04. The van der Waals surface area contributed by atoms with E-state index in [1.54, 1.807) is 13.0 Å². The number of benzene rings is 1. The van der Waals surface area contributed by atoms with Crippen molar-refractivity contribution in [3.05, 3.63) is 28.5 Å². The van der Waals surface area contributed by atoms with Crippen LogP contribution in [0.25, 0.3) is 0 Å². The maximum Gasteiger partial charge on any atom is 0.242 e. The van der Waals surface area contributed by atoms with Crippen LogP contribution in [0, 0.1) is 5.82 Å². The number of amides is 1. The van der Waals surface area contributed by atoms with Gasteiger partial charge in [0.2, 0.25) is 5.91 Å². The van der Waals surface area contributed by atoms with Crippen LogP contribution >= 0.6 is 15.9 Å². The number of carbonyl (C=O) groups is 1. The van der Waals surface area contributed by atoms with Crippen molar-refractivity contribution in [2.45, 2.75) is 32.7 Å². The lowest BCUT2D eigenvalue weighted by Crippen LogP contribution is -2.38. The van der Waals surface area contributed by atoms with Gasteiger partial charge in [-0.15, -0.1) is 0 Å². The first-order chi connectivity index (χ1) is 8.54. The summed E-state index contributed by atoms with van der Waals surface area (Å²) in [5.41, 5.74) is 0.703. The number of rotatable bonds is 6. The molecule has 2 N–H and O–H groups in total. The number of unbranched alkanes of at least 4 members (excludes halogenated alkanes) is 1. The summed E-state index contributed by atoms with van der Waals surface area (Å²) in [6.07, 6.45) is 2.02. The Labute approximate surface area is 115 Å². The van der Waals surface area contributed by atoms with Crippen molar-refractivity contribution >= 4 is 27.5 Å². The molecule has 0 saturated carbocycles. The fourth-order valence-electron chi connectivity index (χ4n) is 1.45. The van der Waals surface area contributed by atoms with E-state index < -0.39 is 0 Å². The maximum absolute atomic E-state index is 12.9. The molecule has 5 heteroatoms. The van der Waals surface area contributed by atoms with E-state index in [1.165, 1.54) is 12.1 Å². The summed E-state index contributed by atoms with van der Waals surface area (Å²) >= 11 is 3.25. The van der Waals surface area contributed by atoms with Crippen LogP contribution < -0.4 is 10.6 Å². The van der Waals surface area contributed by atoms with Crippen LogP contribution in [-0.2, 0) is 4.79 Å². The van der Waals surface area contributed by atoms with E-state index in [4.69, 9.17) is 0 Å². The van der Waals surface area contributed by atoms with Crippen LogP contribution in [0.2, 0.25) is 0 Å². The van der Waals surface area contributed by atoms with Crippen molar-refractivity contribution in [2.75, 3.05) is 11.9 Å². The SMILES string of the molecule is CCCCNC(=O)C(C)Nc1ccc(F)cc1Br. The van der Waals surface area contributed by atoms with E-state index in [0.29, 0.717) is 16.7 Å². The summed E-state index contributed by atoms with van der Waals surface area (Å²) in [6.45, 7) is 4.53. The quantitative estimate of drug-likeness (QED) is 0.791. The number of nitrogens with one attached hydrogen (secondary N) is 2. The molecule has 0 spiro atoms. The summed E-state index contributed by atoms with van der Waals surface area (Å²) < 4.78 is 13.5. The average Bonchev–Trinajstić information content (AvgIpc) is 2.32. The molecule has 3 nitrogen and oxygen atoms in total. The Morgan fingerprint density at radius 1 is 1.50 bits per heavy atom. The zero-order valence-corrected chi connectivity index (χ0v) is 12.2. The summed E-state index contributed by atoms with van der Waals surface area (Å²) in [5.74, 6) is -0.368. The third-order valence-corrected chi connectivity index (χ3v) is 3.18. The third kappa shape index (κ3) is 4.64. The zero-order chi connectivity index (χ0) is 13.5. The summed E-state index contributed by atoms with van der Waals surface area (Å²) in [5, 5.41) is 5.88. The van der Waals surface area contributed by atoms with Crippen LogP contribution in [0.4, 0.5) is 10.1 Å². The van der Waals surface area contributed by atoms with Gasteiger partial charge in [-0.2, -0.15) is 0 Å². The lowest BCUT2D eigenvalue weighted by atomic mass is 10.2. The number of anilines is 1. The monoisotopic (exact) mass is 316 g/mol. The molecule has 0 aliphatic carbocycles. The Morgan fingerprint density at radius 2 is 2.22 bits per heavy atom. The maximum atomic E-state index is 12.9. The predicted octanol–water partition coefficient (Wildman–Crippen LogP) is 3.30. The molecule has 1 amide bonds. The average molecular weight is 317 g/mol. The third-order valence-electron chi connectivity index (χ3n) is 2.53. The fraction of sp³-hybridized carbons (Fsp3) is 0.462. The zero-order valence-electron chi connectivity index (χ0n) is 10.6. The molecule has 0 aromatic heterocycles. The number of carbonyl (C=O) groups excluding carboxylic acids is 1. The largest absolute Gasteiger partial charge is 0.373 e. The van der Waals surface area contributed by atoms with Gasteiger partial charge < -0.3 is 10.6 Å². The first-order valence-corrected chi connectivity index (χ1v) is 6.83. The van der Waals surface area contributed by atoms with E-state index in [1.807, 2.05) is 0 Å². The summed E-state index contributed by atoms with van der Waals surface area (Å²) in [4.78, 5) is 11.7. The Kier molecular flexibility index (Phi) is 6.12. The standard InChI is InChI=1S/C13H18BrFN2O/c1-3-4-7-16-13(18)9(2)17-12-6-5-10(15)8-11(12)14/h5-6,8-9,17H,3-4,7H2,1-2H3,(H,16,18). The fourth-order valence-corrected chi connectivity index (χ4v) is 1.91. The van der Waals surface area contributed by atoms with Gasteiger partial charge in [0.15, 0.2) is 0 Å². The molecule has 1 unspecified atom stereocenters. The van der Waals surface area contributed by atoms with E-state index in [9.17, 15) is 9.18 Å². The Morgan fingerprint density at radius 3 is 2.83 bits per heavy atom. The number of hydrogen-bond acceptors (Lipinski definition) is 2. The highest BCUT2D eigenvalue weighted by Crippen LogP contribution is 2.23. The second kappa shape index (κ2) is 7.36. The van der Waals surface area contributed by atoms with Crippen LogP contribution in [-0.4, -0.2) is 18.5 Å². The van der Waals surface area contributed by atoms with Gasteiger partial charge in [0.05, 0.1) is 0 Å². The molecule has 0 aliphatic heterocycles. The highest BCUT2D eigenvalue weighted by atomic mass is 79.9. The van der Waals surface area contributed by atoms with Gasteiger partial charge in [-0.25, -0.2) is 4.39 Å². The Bertz CT molecular complexity index is 412. The normalized spacial score (nSPS) is 12.0. The van der Waals surface area contributed by atoms with Crippen molar-refractivity contribution in [3.63, 3.8) is 0 Å². The minimum Gasteiger partial charge on any atom is -0.373 e. The lowest BCUT2D eigenvalue weighted by Gasteiger charge is -2.16. The smallest absolute Gasteiger partial charge is 0.242 e. The van der Waals surface area contributed by atoms with Crippen molar-refractivity contribution in [1.29, 1.82) is 0 Å². The van der Waals surface area contributed by atoms with Crippen molar-refractivity contribution in [2.24, 2.45) is 0 Å². The van der Waals surface area contributed by atoms with E-state index in [0.717, 1.165) is 12.8 Å². The molecule has 0 fully saturated rings. The van der Waals surface area contributed by atoms with Gasteiger partial charge in [0.1, 0.15) is 11.9 Å². The van der Waals surface area contributed by atoms with Gasteiger partial charge in [0.25, 0.3) is 0 Å². The number of halogens is 2. The molecule has 0 aliphatic rings. The van der Waals surface area contributed by atoms with Gasteiger partial charge in [-0.1, -0.05) is 13.3 Å². The molecule has 0 heterocycles. The highest BCUT2D eigenvalue weighted by molar-refractivity contribution is 9.10. The molecule has 100 valence electrons. The van der Waals surface area contributed by atoms with E-state index in [-0.39, 0.29) is 17.8 Å². The van der Waals surface area contributed by atoms with Crippen molar-refractivity contribution in [1.82, 2.24) is 5.32 Å². The van der Waals surface area contributed by atoms with Crippen LogP contribution in [0.15, 0.2) is 22.7 Å². The van der Waals surface area contributed by atoms with Gasteiger partial charge in [-0.05, 0) is 47.5 Å². The molecule has 1 aromatic carbocycles. The topological polar surface area (TPSA) is 41.1 Å². The molecular formula is C13H18BrFN2O. The summed E-state index contributed by atoms with van der Waals surface area (Å²) in [7, 11) is 0. The molecule has 0 saturated heterocycles. The van der Waals surface area contributed by atoms with E-state index >= 15 is 0 Å². The highest BCUT2D eigenvalue weighted by Gasteiger charge is 2.13. The van der Waals surface area contributed by atoms with Crippen molar-refractivity contribution in [3.8, 4) is 0 Å². The number of hydrogen-bond donors (Lipinski definition) is 2. The Hall–Kier alpha value is -1.10. The lowest BCUT2D eigenvalue weighted by molar-refractivity contribution is -0.121.